The van der Waals surface area contributed by atoms with Crippen LogP contribution >= 0.6 is 0 Å². The molecule has 0 aliphatic heterocycles. The molecule has 0 amide bonds. The molecule has 102 valence electrons. The maximum absolute atomic E-state index is 9.69. The molecule has 0 atom stereocenters. The third-order valence-electron chi connectivity index (χ3n) is 3.55. The Labute approximate surface area is 118 Å². The second kappa shape index (κ2) is 5.80. The van der Waals surface area contributed by atoms with E-state index < -0.39 is 0 Å². The van der Waals surface area contributed by atoms with E-state index in [0.717, 1.165) is 18.5 Å². The molecule has 0 aliphatic rings. The van der Waals surface area contributed by atoms with Gasteiger partial charge < -0.3 is 15.4 Å². The van der Waals surface area contributed by atoms with Crippen molar-refractivity contribution < 1.29 is 5.11 Å². The molecule has 2 aromatic carbocycles. The smallest absolute Gasteiger partial charge is 0.120 e. The van der Waals surface area contributed by atoms with Gasteiger partial charge in [0.05, 0.1) is 0 Å². The van der Waals surface area contributed by atoms with Crippen molar-refractivity contribution in [3.63, 3.8) is 0 Å². The van der Waals surface area contributed by atoms with Crippen LogP contribution in [-0.4, -0.2) is 16.6 Å². The zero-order valence-corrected chi connectivity index (χ0v) is 11.3. The molecular formula is C17H18N2O. The van der Waals surface area contributed by atoms with Crippen molar-refractivity contribution in [3.8, 4) is 5.75 Å². The van der Waals surface area contributed by atoms with E-state index in [9.17, 15) is 5.11 Å². The molecule has 3 N–H and O–H groups in total. The number of H-pyrrole nitrogens is 1. The second-order valence-corrected chi connectivity index (χ2v) is 4.91. The van der Waals surface area contributed by atoms with Gasteiger partial charge in [0.15, 0.2) is 0 Å². The highest BCUT2D eigenvalue weighted by Gasteiger charge is 2.03. The molecule has 0 bridgehead atoms. The Bertz CT molecular complexity index is 703. The van der Waals surface area contributed by atoms with Crippen LogP contribution in [0.1, 0.15) is 11.1 Å². The molecule has 0 spiro atoms. The van der Waals surface area contributed by atoms with Gasteiger partial charge in [-0.15, -0.1) is 0 Å². The predicted molar refractivity (Wildman–Crippen MR) is 81.8 cm³/mol. The Morgan fingerprint density at radius 3 is 2.65 bits per heavy atom. The van der Waals surface area contributed by atoms with Gasteiger partial charge in [-0.1, -0.05) is 36.4 Å². The number of aromatic nitrogens is 1. The first-order valence-electron chi connectivity index (χ1n) is 6.87. The number of hydrogen-bond acceptors (Lipinski definition) is 2. The molecule has 1 aromatic heterocycles. The Morgan fingerprint density at radius 1 is 0.950 bits per heavy atom. The highest BCUT2D eigenvalue weighted by atomic mass is 16.3. The number of phenolic OH excluding ortho intramolecular Hbond substituents is 1. The summed E-state index contributed by atoms with van der Waals surface area (Å²) in [6.45, 7) is 1.57. The van der Waals surface area contributed by atoms with E-state index in [-0.39, 0.29) is 0 Å². The fourth-order valence-electron chi connectivity index (χ4n) is 2.44. The van der Waals surface area contributed by atoms with E-state index in [4.69, 9.17) is 0 Å². The Hall–Kier alpha value is -2.26. The van der Waals surface area contributed by atoms with Crippen molar-refractivity contribution in [2.24, 2.45) is 0 Å². The quantitative estimate of drug-likeness (QED) is 0.621. The first-order chi connectivity index (χ1) is 9.84. The van der Waals surface area contributed by atoms with Crippen molar-refractivity contribution in [1.29, 1.82) is 0 Å². The van der Waals surface area contributed by atoms with E-state index in [1.165, 1.54) is 16.5 Å². The number of nitrogens with one attached hydrogen (secondary N) is 2. The van der Waals surface area contributed by atoms with Crippen molar-refractivity contribution in [1.82, 2.24) is 10.3 Å². The number of phenols is 1. The predicted octanol–water partition coefficient (Wildman–Crippen LogP) is 3.21. The number of benzene rings is 2. The number of aromatic amines is 1. The molecule has 0 unspecified atom stereocenters. The molecule has 1 heterocycles. The topological polar surface area (TPSA) is 48.0 Å². The van der Waals surface area contributed by atoms with Crippen LogP contribution in [0.15, 0.2) is 54.7 Å². The number of aromatic hydroxyl groups is 1. The number of fused-ring (bicyclic) bond motifs is 1. The van der Waals surface area contributed by atoms with E-state index in [2.05, 4.69) is 34.7 Å². The van der Waals surface area contributed by atoms with Gasteiger partial charge in [0.25, 0.3) is 0 Å². The van der Waals surface area contributed by atoms with Crippen molar-refractivity contribution in [2.75, 3.05) is 6.54 Å². The largest absolute Gasteiger partial charge is 0.508 e. The average Bonchev–Trinajstić information content (AvgIpc) is 2.89. The fourth-order valence-corrected chi connectivity index (χ4v) is 2.44. The lowest BCUT2D eigenvalue weighted by atomic mass is 10.1. The number of hydrogen-bond donors (Lipinski definition) is 3. The Kier molecular flexibility index (Phi) is 3.70. The average molecular weight is 266 g/mol. The molecule has 0 aliphatic carbocycles. The summed E-state index contributed by atoms with van der Waals surface area (Å²) in [5.41, 5.74) is 3.44. The molecule has 3 rings (SSSR count). The van der Waals surface area contributed by atoms with Gasteiger partial charge in [-0.25, -0.2) is 0 Å². The van der Waals surface area contributed by atoms with Crippen molar-refractivity contribution >= 4 is 10.9 Å². The fraction of sp³-hybridized carbons (Fsp3) is 0.176. The molecule has 3 heteroatoms. The third kappa shape index (κ3) is 2.68. The number of rotatable bonds is 5. The minimum Gasteiger partial charge on any atom is -0.508 e. The van der Waals surface area contributed by atoms with Gasteiger partial charge >= 0.3 is 0 Å². The van der Waals surface area contributed by atoms with Gasteiger partial charge in [0.1, 0.15) is 5.75 Å². The third-order valence-corrected chi connectivity index (χ3v) is 3.55. The van der Waals surface area contributed by atoms with Crippen LogP contribution < -0.4 is 5.32 Å². The lowest BCUT2D eigenvalue weighted by molar-refractivity contribution is 0.464. The van der Waals surface area contributed by atoms with Crippen LogP contribution in [0, 0.1) is 0 Å². The van der Waals surface area contributed by atoms with Gasteiger partial charge in [-0.05, 0) is 30.7 Å². The highest BCUT2D eigenvalue weighted by Crippen LogP contribution is 2.18. The van der Waals surface area contributed by atoms with Gasteiger partial charge in [0.2, 0.25) is 0 Å². The van der Waals surface area contributed by atoms with Crippen LogP contribution in [0.2, 0.25) is 0 Å². The van der Waals surface area contributed by atoms with Gasteiger partial charge in [-0.3, -0.25) is 0 Å². The lowest BCUT2D eigenvalue weighted by Crippen LogP contribution is -2.16. The minimum atomic E-state index is 0.354. The summed E-state index contributed by atoms with van der Waals surface area (Å²) >= 11 is 0. The van der Waals surface area contributed by atoms with Crippen LogP contribution in [0.4, 0.5) is 0 Å². The standard InChI is InChI=1S/C17H18N2O/c20-17-8-4-1-5-14(17)11-18-10-9-13-12-19-16-7-3-2-6-15(13)16/h1-8,12,18-20H,9-11H2. The summed E-state index contributed by atoms with van der Waals surface area (Å²) in [5.74, 6) is 0.354. The van der Waals surface area contributed by atoms with E-state index in [0.29, 0.717) is 12.3 Å². The maximum atomic E-state index is 9.69. The summed E-state index contributed by atoms with van der Waals surface area (Å²) in [4.78, 5) is 3.29. The number of para-hydroxylation sites is 2. The minimum absolute atomic E-state index is 0.354. The Balaban J connectivity index is 1.57. The van der Waals surface area contributed by atoms with Crippen LogP contribution in [-0.2, 0) is 13.0 Å². The molecule has 0 radical (unpaired) electrons. The summed E-state index contributed by atoms with van der Waals surface area (Å²) < 4.78 is 0. The van der Waals surface area contributed by atoms with Gasteiger partial charge in [-0.2, -0.15) is 0 Å². The summed E-state index contributed by atoms with van der Waals surface area (Å²) in [5, 5.41) is 14.4. The zero-order valence-electron chi connectivity index (χ0n) is 11.3. The SMILES string of the molecule is Oc1ccccc1CNCCc1c[nH]c2ccccc12. The van der Waals surface area contributed by atoms with Crippen LogP contribution in [0.3, 0.4) is 0 Å². The molecule has 0 saturated heterocycles. The summed E-state index contributed by atoms with van der Waals surface area (Å²) in [6, 6.07) is 15.8. The first-order valence-corrected chi connectivity index (χ1v) is 6.87. The van der Waals surface area contributed by atoms with E-state index in [1.807, 2.05) is 24.3 Å². The summed E-state index contributed by atoms with van der Waals surface area (Å²) in [6.07, 6.45) is 3.05. The maximum Gasteiger partial charge on any atom is 0.120 e. The highest BCUT2D eigenvalue weighted by molar-refractivity contribution is 5.83. The van der Waals surface area contributed by atoms with E-state index in [1.54, 1.807) is 6.07 Å². The van der Waals surface area contributed by atoms with Crippen LogP contribution in [0.5, 0.6) is 5.75 Å². The Morgan fingerprint density at radius 2 is 1.75 bits per heavy atom. The monoisotopic (exact) mass is 266 g/mol. The molecule has 3 nitrogen and oxygen atoms in total. The molecule has 20 heavy (non-hydrogen) atoms. The van der Waals surface area contributed by atoms with E-state index >= 15 is 0 Å². The van der Waals surface area contributed by atoms with Crippen LogP contribution in [0.25, 0.3) is 10.9 Å². The van der Waals surface area contributed by atoms with Crippen molar-refractivity contribution in [2.45, 2.75) is 13.0 Å². The molecule has 0 fully saturated rings. The lowest BCUT2D eigenvalue weighted by Gasteiger charge is -2.06. The molecule has 3 aromatic rings. The normalized spacial score (nSPS) is 11.0. The van der Waals surface area contributed by atoms with Gasteiger partial charge in [0, 0.05) is 29.2 Å². The first kappa shape index (κ1) is 12.8. The zero-order chi connectivity index (χ0) is 13.8. The second-order valence-electron chi connectivity index (χ2n) is 4.91. The molecule has 0 saturated carbocycles. The summed E-state index contributed by atoms with van der Waals surface area (Å²) in [7, 11) is 0. The van der Waals surface area contributed by atoms with Crippen molar-refractivity contribution in [3.05, 3.63) is 65.9 Å². The molecular weight excluding hydrogens is 248 g/mol.